The SMILES string of the molecule is Cc1ccccc1C(=O)C#CN(C)C. The van der Waals surface area contributed by atoms with Crippen LogP contribution in [-0.2, 0) is 0 Å². The van der Waals surface area contributed by atoms with Gasteiger partial charge in [-0.25, -0.2) is 0 Å². The van der Waals surface area contributed by atoms with Crippen molar-refractivity contribution in [2.45, 2.75) is 6.92 Å². The molecule has 0 saturated carbocycles. The molecule has 2 nitrogen and oxygen atoms in total. The molecular formula is C12H13NO. The summed E-state index contributed by atoms with van der Waals surface area (Å²) in [6.45, 7) is 1.91. The number of aryl methyl sites for hydroxylation is 1. The summed E-state index contributed by atoms with van der Waals surface area (Å²) >= 11 is 0. The van der Waals surface area contributed by atoms with Crippen LogP contribution in [0.2, 0.25) is 0 Å². The molecular weight excluding hydrogens is 174 g/mol. The van der Waals surface area contributed by atoms with Crippen LogP contribution in [0.15, 0.2) is 24.3 Å². The Bertz CT molecular complexity index is 396. The van der Waals surface area contributed by atoms with Crippen LogP contribution in [0.5, 0.6) is 0 Å². The van der Waals surface area contributed by atoms with E-state index >= 15 is 0 Å². The van der Waals surface area contributed by atoms with Gasteiger partial charge in [-0.3, -0.25) is 4.79 Å². The fourth-order valence-corrected chi connectivity index (χ4v) is 1.06. The van der Waals surface area contributed by atoms with Crippen LogP contribution in [0.4, 0.5) is 0 Å². The maximum Gasteiger partial charge on any atom is 0.237 e. The number of Topliss-reactive ketones (excluding diaryl/α,β-unsaturated/α-hetero) is 1. The van der Waals surface area contributed by atoms with Crippen molar-refractivity contribution >= 4 is 5.78 Å². The standard InChI is InChI=1S/C12H13NO/c1-10-6-4-5-7-11(10)12(14)8-9-13(2)3/h4-7H,1-3H3. The molecule has 1 aromatic rings. The zero-order valence-electron chi connectivity index (χ0n) is 8.66. The molecule has 0 bridgehead atoms. The summed E-state index contributed by atoms with van der Waals surface area (Å²) in [5, 5.41) is 0. The van der Waals surface area contributed by atoms with Gasteiger partial charge in [0.25, 0.3) is 0 Å². The molecule has 0 aliphatic carbocycles. The normalized spacial score (nSPS) is 8.79. The Hall–Kier alpha value is -1.75. The van der Waals surface area contributed by atoms with Crippen molar-refractivity contribution < 1.29 is 4.79 Å². The molecule has 0 unspecified atom stereocenters. The Kier molecular flexibility index (Phi) is 3.30. The summed E-state index contributed by atoms with van der Waals surface area (Å²) < 4.78 is 0. The largest absolute Gasteiger partial charge is 0.338 e. The van der Waals surface area contributed by atoms with Crippen molar-refractivity contribution in [3.8, 4) is 12.0 Å². The van der Waals surface area contributed by atoms with E-state index in [1.54, 1.807) is 25.1 Å². The first-order valence-electron chi connectivity index (χ1n) is 4.40. The van der Waals surface area contributed by atoms with Crippen LogP contribution < -0.4 is 0 Å². The molecule has 2 heteroatoms. The van der Waals surface area contributed by atoms with E-state index in [0.717, 1.165) is 5.56 Å². The summed E-state index contributed by atoms with van der Waals surface area (Å²) in [5.74, 6) is 2.45. The van der Waals surface area contributed by atoms with Gasteiger partial charge in [0.1, 0.15) is 0 Å². The van der Waals surface area contributed by atoms with E-state index in [2.05, 4.69) is 12.0 Å². The number of rotatable bonds is 1. The van der Waals surface area contributed by atoms with Crippen LogP contribution in [-0.4, -0.2) is 24.8 Å². The van der Waals surface area contributed by atoms with Crippen molar-refractivity contribution in [1.82, 2.24) is 4.90 Å². The van der Waals surface area contributed by atoms with Crippen molar-refractivity contribution in [2.24, 2.45) is 0 Å². The number of hydrogen-bond donors (Lipinski definition) is 0. The lowest BCUT2D eigenvalue weighted by Gasteiger charge is -2.00. The first-order valence-corrected chi connectivity index (χ1v) is 4.40. The van der Waals surface area contributed by atoms with E-state index in [4.69, 9.17) is 0 Å². The van der Waals surface area contributed by atoms with Gasteiger partial charge < -0.3 is 4.90 Å². The summed E-state index contributed by atoms with van der Waals surface area (Å²) in [6.07, 6.45) is 0. The molecule has 0 amide bonds. The van der Waals surface area contributed by atoms with Gasteiger partial charge in [-0.05, 0) is 18.4 Å². The minimum atomic E-state index is -0.128. The highest BCUT2D eigenvalue weighted by molar-refractivity contribution is 6.09. The molecule has 0 atom stereocenters. The number of hydrogen-bond acceptors (Lipinski definition) is 2. The van der Waals surface area contributed by atoms with E-state index in [0.29, 0.717) is 5.56 Å². The van der Waals surface area contributed by atoms with E-state index in [1.807, 2.05) is 25.1 Å². The lowest BCUT2D eigenvalue weighted by Crippen LogP contribution is -2.04. The predicted octanol–water partition coefficient (Wildman–Crippen LogP) is 1.70. The second-order valence-electron chi connectivity index (χ2n) is 3.28. The van der Waals surface area contributed by atoms with Crippen molar-refractivity contribution in [1.29, 1.82) is 0 Å². The van der Waals surface area contributed by atoms with Gasteiger partial charge in [0.15, 0.2) is 0 Å². The molecule has 0 fully saturated rings. The van der Waals surface area contributed by atoms with E-state index in [1.165, 1.54) is 0 Å². The Morgan fingerprint density at radius 3 is 2.50 bits per heavy atom. The highest BCUT2D eigenvalue weighted by Gasteiger charge is 2.03. The van der Waals surface area contributed by atoms with Gasteiger partial charge in [0.2, 0.25) is 5.78 Å². The first kappa shape index (κ1) is 10.3. The second kappa shape index (κ2) is 4.48. The molecule has 0 N–H and O–H groups in total. The van der Waals surface area contributed by atoms with E-state index in [-0.39, 0.29) is 5.78 Å². The van der Waals surface area contributed by atoms with Gasteiger partial charge in [-0.1, -0.05) is 24.3 Å². The van der Waals surface area contributed by atoms with Crippen LogP contribution >= 0.6 is 0 Å². The van der Waals surface area contributed by atoms with Crippen molar-refractivity contribution in [3.05, 3.63) is 35.4 Å². The number of carbonyl (C=O) groups is 1. The maximum atomic E-state index is 11.6. The third-order valence-electron chi connectivity index (χ3n) is 1.78. The highest BCUT2D eigenvalue weighted by Crippen LogP contribution is 2.06. The van der Waals surface area contributed by atoms with Gasteiger partial charge in [-0.15, -0.1) is 0 Å². The Labute approximate surface area is 84.5 Å². The number of ketones is 1. The number of carbonyl (C=O) groups excluding carboxylic acids is 1. The van der Waals surface area contributed by atoms with Gasteiger partial charge in [0, 0.05) is 25.7 Å². The zero-order chi connectivity index (χ0) is 10.6. The van der Waals surface area contributed by atoms with Gasteiger partial charge in [0.05, 0.1) is 0 Å². The molecule has 0 aromatic heterocycles. The van der Waals surface area contributed by atoms with Crippen LogP contribution in [0.3, 0.4) is 0 Å². The second-order valence-corrected chi connectivity index (χ2v) is 3.28. The third kappa shape index (κ3) is 2.63. The molecule has 0 aliphatic rings. The van der Waals surface area contributed by atoms with Crippen LogP contribution in [0.25, 0.3) is 0 Å². The minimum Gasteiger partial charge on any atom is -0.338 e. The third-order valence-corrected chi connectivity index (χ3v) is 1.78. The smallest absolute Gasteiger partial charge is 0.237 e. The highest BCUT2D eigenvalue weighted by atomic mass is 16.1. The lowest BCUT2D eigenvalue weighted by molar-refractivity contribution is 0.105. The summed E-state index contributed by atoms with van der Waals surface area (Å²) in [4.78, 5) is 13.2. The molecule has 14 heavy (non-hydrogen) atoms. The van der Waals surface area contributed by atoms with Crippen molar-refractivity contribution in [2.75, 3.05) is 14.1 Å². The quantitative estimate of drug-likeness (QED) is 0.379. The first-order chi connectivity index (χ1) is 6.61. The fraction of sp³-hybridized carbons (Fsp3) is 0.250. The molecule has 1 aromatic carbocycles. The number of benzene rings is 1. The minimum absolute atomic E-state index is 0.128. The number of nitrogens with zero attached hydrogens (tertiary/aromatic N) is 1. The lowest BCUT2D eigenvalue weighted by atomic mass is 10.1. The topological polar surface area (TPSA) is 20.3 Å². The molecule has 72 valence electrons. The van der Waals surface area contributed by atoms with Crippen LogP contribution in [0, 0.1) is 18.9 Å². The zero-order valence-corrected chi connectivity index (χ0v) is 8.66. The maximum absolute atomic E-state index is 11.6. The molecule has 0 spiro atoms. The van der Waals surface area contributed by atoms with Crippen molar-refractivity contribution in [3.63, 3.8) is 0 Å². The predicted molar refractivity (Wildman–Crippen MR) is 57.0 cm³/mol. The monoisotopic (exact) mass is 187 g/mol. The molecule has 0 radical (unpaired) electrons. The summed E-state index contributed by atoms with van der Waals surface area (Å²) in [6, 6.07) is 10.2. The Morgan fingerprint density at radius 2 is 1.93 bits per heavy atom. The van der Waals surface area contributed by atoms with E-state index in [9.17, 15) is 4.79 Å². The molecule has 1 rings (SSSR count). The van der Waals surface area contributed by atoms with Gasteiger partial charge >= 0.3 is 0 Å². The summed E-state index contributed by atoms with van der Waals surface area (Å²) in [5.41, 5.74) is 1.65. The Balaban J connectivity index is 2.93. The summed E-state index contributed by atoms with van der Waals surface area (Å²) in [7, 11) is 3.61. The van der Waals surface area contributed by atoms with E-state index < -0.39 is 0 Å². The molecule has 0 saturated heterocycles. The fourth-order valence-electron chi connectivity index (χ4n) is 1.06. The van der Waals surface area contributed by atoms with Gasteiger partial charge in [-0.2, -0.15) is 0 Å². The van der Waals surface area contributed by atoms with Crippen LogP contribution in [0.1, 0.15) is 15.9 Å². The Morgan fingerprint density at radius 1 is 1.29 bits per heavy atom. The molecule has 0 heterocycles. The average Bonchev–Trinajstić information content (AvgIpc) is 2.15. The average molecular weight is 187 g/mol. The molecule has 0 aliphatic heterocycles.